The maximum Gasteiger partial charge on any atom is 0.219 e. The van der Waals surface area contributed by atoms with E-state index in [4.69, 9.17) is 4.74 Å². The molecule has 112 valence electrons. The highest BCUT2D eigenvalue weighted by Crippen LogP contribution is 2.25. The van der Waals surface area contributed by atoms with Gasteiger partial charge in [0.2, 0.25) is 5.88 Å². The highest BCUT2D eigenvalue weighted by atomic mass is 16.5. The quantitative estimate of drug-likeness (QED) is 0.866. The first kappa shape index (κ1) is 15.3. The molecule has 2 rings (SSSR count). The second-order valence-electron chi connectivity index (χ2n) is 5.53. The van der Waals surface area contributed by atoms with E-state index >= 15 is 0 Å². The molecule has 21 heavy (non-hydrogen) atoms. The minimum absolute atomic E-state index is 0.244. The molecule has 4 nitrogen and oxygen atoms in total. The zero-order valence-electron chi connectivity index (χ0n) is 13.2. The molecule has 0 unspecified atom stereocenters. The molecule has 0 aliphatic heterocycles. The summed E-state index contributed by atoms with van der Waals surface area (Å²) in [4.78, 5) is 9.09. The molecule has 0 radical (unpaired) electrons. The predicted molar refractivity (Wildman–Crippen MR) is 86.6 cm³/mol. The number of hydrogen-bond donors (Lipinski definition) is 1. The average Bonchev–Trinajstić information content (AvgIpc) is 2.48. The van der Waals surface area contributed by atoms with Gasteiger partial charge in [-0.15, -0.1) is 0 Å². The third-order valence-electron chi connectivity index (χ3n) is 3.32. The lowest BCUT2D eigenvalue weighted by molar-refractivity contribution is 0.0991. The van der Waals surface area contributed by atoms with Gasteiger partial charge in [-0.25, -0.2) is 4.98 Å². The second kappa shape index (κ2) is 6.57. The van der Waals surface area contributed by atoms with Crippen molar-refractivity contribution in [2.45, 2.75) is 39.7 Å². The lowest BCUT2D eigenvalue weighted by atomic mass is 10.1. The molecule has 0 aliphatic carbocycles. The van der Waals surface area contributed by atoms with E-state index < -0.39 is 0 Å². The normalized spacial score (nSPS) is 11.2. The van der Waals surface area contributed by atoms with Crippen LogP contribution in [0.5, 0.6) is 5.88 Å². The van der Waals surface area contributed by atoms with Crippen LogP contribution in [-0.4, -0.2) is 22.1 Å². The Kier molecular flexibility index (Phi) is 4.78. The highest BCUT2D eigenvalue weighted by molar-refractivity contribution is 5.58. The van der Waals surface area contributed by atoms with Crippen LogP contribution in [0.4, 0.5) is 5.82 Å². The van der Waals surface area contributed by atoms with Crippen LogP contribution in [0.1, 0.15) is 34.1 Å². The van der Waals surface area contributed by atoms with Crippen molar-refractivity contribution in [3.05, 3.63) is 36.4 Å². The fourth-order valence-electron chi connectivity index (χ4n) is 1.82. The lowest BCUT2D eigenvalue weighted by Crippen LogP contribution is -2.27. The molecule has 0 saturated carbocycles. The topological polar surface area (TPSA) is 47.0 Å². The number of benzene rings is 1. The molecule has 0 fully saturated rings. The molecule has 0 spiro atoms. The van der Waals surface area contributed by atoms with E-state index in [-0.39, 0.29) is 5.60 Å². The van der Waals surface area contributed by atoms with Crippen LogP contribution in [0, 0.1) is 0 Å². The van der Waals surface area contributed by atoms with Crippen molar-refractivity contribution in [1.29, 1.82) is 0 Å². The fraction of sp³-hybridized carbons (Fsp3) is 0.412. The first-order valence-corrected chi connectivity index (χ1v) is 7.41. The molecule has 0 atom stereocenters. The molecule has 0 amide bonds. The van der Waals surface area contributed by atoms with Crippen molar-refractivity contribution < 1.29 is 4.74 Å². The standard InChI is InChI=1S/C17H23N3O/c1-5-17(3,4)21-15-12-14(18-6-2)19-16(20-15)13-10-8-7-9-11-13/h7-12H,5-6H2,1-4H3,(H,18,19,20). The van der Waals surface area contributed by atoms with Crippen molar-refractivity contribution in [2.75, 3.05) is 11.9 Å². The van der Waals surface area contributed by atoms with Crippen LogP contribution in [0.25, 0.3) is 11.4 Å². The summed E-state index contributed by atoms with van der Waals surface area (Å²) in [5.41, 5.74) is 0.739. The van der Waals surface area contributed by atoms with Crippen molar-refractivity contribution >= 4 is 5.82 Å². The summed E-state index contributed by atoms with van der Waals surface area (Å²) in [7, 11) is 0. The van der Waals surface area contributed by atoms with Gasteiger partial charge in [-0.2, -0.15) is 4.98 Å². The van der Waals surface area contributed by atoms with E-state index in [1.165, 1.54) is 0 Å². The van der Waals surface area contributed by atoms with Gasteiger partial charge in [-0.1, -0.05) is 37.3 Å². The lowest BCUT2D eigenvalue weighted by Gasteiger charge is -2.24. The summed E-state index contributed by atoms with van der Waals surface area (Å²) in [5.74, 6) is 2.07. The number of aromatic nitrogens is 2. The van der Waals surface area contributed by atoms with Gasteiger partial charge in [0.1, 0.15) is 11.4 Å². The number of nitrogens with zero attached hydrogens (tertiary/aromatic N) is 2. The van der Waals surface area contributed by atoms with E-state index in [9.17, 15) is 0 Å². The molecule has 0 bridgehead atoms. The van der Waals surface area contributed by atoms with Gasteiger partial charge in [0, 0.05) is 18.2 Å². The minimum atomic E-state index is -0.244. The molecule has 0 aliphatic rings. The Morgan fingerprint density at radius 1 is 1.10 bits per heavy atom. The molecule has 0 saturated heterocycles. The van der Waals surface area contributed by atoms with Gasteiger partial charge < -0.3 is 10.1 Å². The van der Waals surface area contributed by atoms with E-state index in [1.54, 1.807) is 0 Å². The number of nitrogens with one attached hydrogen (secondary N) is 1. The van der Waals surface area contributed by atoms with Gasteiger partial charge in [-0.05, 0) is 27.2 Å². The SMILES string of the molecule is CCNc1cc(OC(C)(C)CC)nc(-c2ccccc2)n1. The molecule has 1 heterocycles. The maximum atomic E-state index is 6.01. The summed E-state index contributed by atoms with van der Waals surface area (Å²) in [6, 6.07) is 11.8. The van der Waals surface area contributed by atoms with Crippen LogP contribution in [0.2, 0.25) is 0 Å². The van der Waals surface area contributed by atoms with E-state index in [2.05, 4.69) is 36.1 Å². The van der Waals surface area contributed by atoms with Gasteiger partial charge >= 0.3 is 0 Å². The monoisotopic (exact) mass is 285 g/mol. The average molecular weight is 285 g/mol. The molecule has 4 heteroatoms. The minimum Gasteiger partial charge on any atom is -0.472 e. The Morgan fingerprint density at radius 2 is 1.81 bits per heavy atom. The van der Waals surface area contributed by atoms with Crippen molar-refractivity contribution in [2.24, 2.45) is 0 Å². The Labute approximate surface area is 126 Å². The van der Waals surface area contributed by atoms with Crippen molar-refractivity contribution in [1.82, 2.24) is 9.97 Å². The highest BCUT2D eigenvalue weighted by Gasteiger charge is 2.19. The first-order valence-electron chi connectivity index (χ1n) is 7.41. The second-order valence-corrected chi connectivity index (χ2v) is 5.53. The maximum absolute atomic E-state index is 6.01. The molecular formula is C17H23N3O. The Morgan fingerprint density at radius 3 is 2.43 bits per heavy atom. The third-order valence-corrected chi connectivity index (χ3v) is 3.32. The van der Waals surface area contributed by atoms with Crippen molar-refractivity contribution in [3.8, 4) is 17.3 Å². The smallest absolute Gasteiger partial charge is 0.219 e. The zero-order chi connectivity index (χ0) is 15.3. The van der Waals surface area contributed by atoms with Crippen LogP contribution < -0.4 is 10.1 Å². The van der Waals surface area contributed by atoms with Crippen LogP contribution in [0.15, 0.2) is 36.4 Å². The third kappa shape index (κ3) is 4.18. The fourth-order valence-corrected chi connectivity index (χ4v) is 1.82. The van der Waals surface area contributed by atoms with Crippen molar-refractivity contribution in [3.63, 3.8) is 0 Å². The predicted octanol–water partition coefficient (Wildman–Crippen LogP) is 4.14. The number of ether oxygens (including phenoxy) is 1. The number of anilines is 1. The molecule has 1 aromatic heterocycles. The zero-order valence-corrected chi connectivity index (χ0v) is 13.2. The summed E-state index contributed by atoms with van der Waals surface area (Å²) in [6.45, 7) is 9.07. The van der Waals surface area contributed by atoms with Crippen LogP contribution in [-0.2, 0) is 0 Å². The Hall–Kier alpha value is -2.10. The molecular weight excluding hydrogens is 262 g/mol. The van der Waals surface area contributed by atoms with Crippen LogP contribution >= 0.6 is 0 Å². The summed E-state index contributed by atoms with van der Waals surface area (Å²) >= 11 is 0. The Balaban J connectivity index is 2.39. The van der Waals surface area contributed by atoms with Crippen LogP contribution in [0.3, 0.4) is 0 Å². The van der Waals surface area contributed by atoms with E-state index in [0.29, 0.717) is 11.7 Å². The summed E-state index contributed by atoms with van der Waals surface area (Å²) < 4.78 is 6.01. The molecule has 1 N–H and O–H groups in total. The van der Waals surface area contributed by atoms with Gasteiger partial charge in [0.05, 0.1) is 0 Å². The van der Waals surface area contributed by atoms with Gasteiger partial charge in [-0.3, -0.25) is 0 Å². The number of hydrogen-bond acceptors (Lipinski definition) is 4. The molecule has 1 aromatic carbocycles. The number of rotatable bonds is 6. The first-order chi connectivity index (χ1) is 10.0. The largest absolute Gasteiger partial charge is 0.472 e. The molecule has 2 aromatic rings. The summed E-state index contributed by atoms with van der Waals surface area (Å²) in [6.07, 6.45) is 0.911. The van der Waals surface area contributed by atoms with E-state index in [0.717, 1.165) is 24.3 Å². The Bertz CT molecular complexity index is 582. The van der Waals surface area contributed by atoms with Gasteiger partial charge in [0.15, 0.2) is 5.82 Å². The van der Waals surface area contributed by atoms with E-state index in [1.807, 2.05) is 43.3 Å². The van der Waals surface area contributed by atoms with Gasteiger partial charge in [0.25, 0.3) is 0 Å². The summed E-state index contributed by atoms with van der Waals surface area (Å²) in [5, 5.41) is 3.23.